The molecule has 1 saturated heterocycles. The summed E-state index contributed by atoms with van der Waals surface area (Å²) < 4.78 is 6.01. The Morgan fingerprint density at radius 3 is 2.94 bits per heavy atom. The van der Waals surface area contributed by atoms with Gasteiger partial charge in [-0.25, -0.2) is 0 Å². The first kappa shape index (κ1) is 11.7. The molecule has 2 atom stereocenters. The summed E-state index contributed by atoms with van der Waals surface area (Å²) in [4.78, 5) is 0. The van der Waals surface area contributed by atoms with Gasteiger partial charge in [0.25, 0.3) is 0 Å². The number of hydrogen-bond acceptors (Lipinski definition) is 2. The molecule has 0 aromatic heterocycles. The van der Waals surface area contributed by atoms with Crippen molar-refractivity contribution in [3.8, 4) is 5.75 Å². The normalized spacial score (nSPS) is 22.0. The number of para-hydroxylation sites is 1. The fourth-order valence-electron chi connectivity index (χ4n) is 2.21. The molecule has 3 heteroatoms. The molecule has 0 bridgehead atoms. The van der Waals surface area contributed by atoms with E-state index in [9.17, 15) is 0 Å². The van der Waals surface area contributed by atoms with Crippen molar-refractivity contribution in [2.75, 3.05) is 13.1 Å². The smallest absolute Gasteiger partial charge is 0.138 e. The first-order valence-electron chi connectivity index (χ1n) is 5.93. The van der Waals surface area contributed by atoms with Crippen LogP contribution in [0.5, 0.6) is 5.75 Å². The van der Waals surface area contributed by atoms with Gasteiger partial charge in [-0.05, 0) is 31.5 Å². The predicted molar refractivity (Wildman–Crippen MR) is 67.1 cm³/mol. The Kier molecular flexibility index (Phi) is 4.08. The highest BCUT2D eigenvalue weighted by Crippen LogP contribution is 2.28. The Balaban J connectivity index is 2.03. The van der Waals surface area contributed by atoms with Crippen molar-refractivity contribution in [1.29, 1.82) is 0 Å². The van der Waals surface area contributed by atoms with Crippen LogP contribution < -0.4 is 10.1 Å². The standard InChI is InChI=1S/C13H18ClNO/c1-2-12(10-7-8-15-9-10)16-13-6-4-3-5-11(13)14/h3-6,10,12,15H,2,7-9H2,1H3/t10-,12-/m0/s1. The third kappa shape index (κ3) is 2.69. The van der Waals surface area contributed by atoms with Crippen LogP contribution in [0.4, 0.5) is 0 Å². The molecule has 88 valence electrons. The number of benzene rings is 1. The Hall–Kier alpha value is -0.730. The molecule has 0 unspecified atom stereocenters. The number of ether oxygens (including phenoxy) is 1. The van der Waals surface area contributed by atoms with E-state index in [0.29, 0.717) is 10.9 Å². The second kappa shape index (κ2) is 5.55. The van der Waals surface area contributed by atoms with E-state index in [1.165, 1.54) is 6.42 Å². The fraction of sp³-hybridized carbons (Fsp3) is 0.538. The minimum Gasteiger partial charge on any atom is -0.489 e. The minimum atomic E-state index is 0.273. The van der Waals surface area contributed by atoms with Gasteiger partial charge in [0.2, 0.25) is 0 Å². The Morgan fingerprint density at radius 2 is 2.31 bits per heavy atom. The third-order valence-corrected chi connectivity index (χ3v) is 3.45. The summed E-state index contributed by atoms with van der Waals surface area (Å²) in [6.07, 6.45) is 2.50. The number of nitrogens with one attached hydrogen (secondary N) is 1. The second-order valence-corrected chi connectivity index (χ2v) is 4.66. The van der Waals surface area contributed by atoms with Crippen LogP contribution in [-0.4, -0.2) is 19.2 Å². The molecule has 1 aromatic rings. The molecule has 1 heterocycles. The molecule has 0 spiro atoms. The molecule has 2 nitrogen and oxygen atoms in total. The van der Waals surface area contributed by atoms with Crippen molar-refractivity contribution < 1.29 is 4.74 Å². The zero-order valence-corrected chi connectivity index (χ0v) is 10.3. The van der Waals surface area contributed by atoms with Gasteiger partial charge >= 0.3 is 0 Å². The summed E-state index contributed by atoms with van der Waals surface area (Å²) in [5, 5.41) is 4.08. The maximum absolute atomic E-state index is 6.09. The summed E-state index contributed by atoms with van der Waals surface area (Å²) >= 11 is 6.09. The zero-order chi connectivity index (χ0) is 11.4. The van der Waals surface area contributed by atoms with E-state index in [1.807, 2.05) is 24.3 Å². The third-order valence-electron chi connectivity index (χ3n) is 3.14. The fourth-order valence-corrected chi connectivity index (χ4v) is 2.39. The number of rotatable bonds is 4. The number of hydrogen-bond donors (Lipinski definition) is 1. The van der Waals surface area contributed by atoms with E-state index in [0.717, 1.165) is 25.3 Å². The van der Waals surface area contributed by atoms with Gasteiger partial charge in [0.15, 0.2) is 0 Å². The van der Waals surface area contributed by atoms with Gasteiger partial charge in [0.1, 0.15) is 11.9 Å². The molecule has 0 aliphatic carbocycles. The summed E-state index contributed by atoms with van der Waals surface area (Å²) in [5.41, 5.74) is 0. The minimum absolute atomic E-state index is 0.273. The van der Waals surface area contributed by atoms with E-state index in [1.54, 1.807) is 0 Å². The van der Waals surface area contributed by atoms with E-state index in [-0.39, 0.29) is 6.10 Å². The molecular weight excluding hydrogens is 222 g/mol. The first-order chi connectivity index (χ1) is 7.81. The summed E-state index contributed by atoms with van der Waals surface area (Å²) in [5.74, 6) is 1.42. The molecule has 0 radical (unpaired) electrons. The van der Waals surface area contributed by atoms with Crippen LogP contribution in [0, 0.1) is 5.92 Å². The SMILES string of the molecule is CC[C@H](Oc1ccccc1Cl)[C@H]1CCNC1. The van der Waals surface area contributed by atoms with E-state index in [4.69, 9.17) is 16.3 Å². The van der Waals surface area contributed by atoms with Gasteiger partial charge in [-0.1, -0.05) is 30.7 Å². The molecule has 0 saturated carbocycles. The lowest BCUT2D eigenvalue weighted by Crippen LogP contribution is -2.28. The van der Waals surface area contributed by atoms with Gasteiger partial charge in [-0.3, -0.25) is 0 Å². The Bertz CT molecular complexity index is 336. The van der Waals surface area contributed by atoms with Gasteiger partial charge in [-0.15, -0.1) is 0 Å². The van der Waals surface area contributed by atoms with Gasteiger partial charge in [0, 0.05) is 12.5 Å². The van der Waals surface area contributed by atoms with Crippen LogP contribution in [0.25, 0.3) is 0 Å². The molecular formula is C13H18ClNO. The zero-order valence-electron chi connectivity index (χ0n) is 9.58. The lowest BCUT2D eigenvalue weighted by molar-refractivity contribution is 0.138. The molecule has 1 aromatic carbocycles. The van der Waals surface area contributed by atoms with Crippen molar-refractivity contribution in [3.05, 3.63) is 29.3 Å². The van der Waals surface area contributed by atoms with Crippen LogP contribution in [0.1, 0.15) is 19.8 Å². The van der Waals surface area contributed by atoms with Crippen LogP contribution in [0.3, 0.4) is 0 Å². The van der Waals surface area contributed by atoms with Crippen LogP contribution in [0.15, 0.2) is 24.3 Å². The van der Waals surface area contributed by atoms with Crippen LogP contribution in [0.2, 0.25) is 5.02 Å². The highest BCUT2D eigenvalue weighted by molar-refractivity contribution is 6.32. The molecule has 1 fully saturated rings. The van der Waals surface area contributed by atoms with Crippen LogP contribution in [-0.2, 0) is 0 Å². The molecule has 2 rings (SSSR count). The maximum Gasteiger partial charge on any atom is 0.138 e. The van der Waals surface area contributed by atoms with Gasteiger partial charge in [0.05, 0.1) is 5.02 Å². The Labute approximate surface area is 102 Å². The molecule has 1 aliphatic heterocycles. The topological polar surface area (TPSA) is 21.3 Å². The predicted octanol–water partition coefficient (Wildman–Crippen LogP) is 3.11. The van der Waals surface area contributed by atoms with E-state index >= 15 is 0 Å². The van der Waals surface area contributed by atoms with Crippen LogP contribution >= 0.6 is 11.6 Å². The van der Waals surface area contributed by atoms with Crippen molar-refractivity contribution in [1.82, 2.24) is 5.32 Å². The van der Waals surface area contributed by atoms with Crippen molar-refractivity contribution in [2.24, 2.45) is 5.92 Å². The van der Waals surface area contributed by atoms with E-state index < -0.39 is 0 Å². The molecule has 0 amide bonds. The highest BCUT2D eigenvalue weighted by atomic mass is 35.5. The average molecular weight is 240 g/mol. The van der Waals surface area contributed by atoms with Gasteiger partial charge < -0.3 is 10.1 Å². The van der Waals surface area contributed by atoms with E-state index in [2.05, 4.69) is 12.2 Å². The lowest BCUT2D eigenvalue weighted by atomic mass is 9.99. The average Bonchev–Trinajstić information content (AvgIpc) is 2.81. The van der Waals surface area contributed by atoms with Gasteiger partial charge in [-0.2, -0.15) is 0 Å². The first-order valence-corrected chi connectivity index (χ1v) is 6.31. The second-order valence-electron chi connectivity index (χ2n) is 4.25. The summed E-state index contributed by atoms with van der Waals surface area (Å²) in [7, 11) is 0. The molecule has 1 aliphatic rings. The van der Waals surface area contributed by atoms with Crippen molar-refractivity contribution in [2.45, 2.75) is 25.9 Å². The summed E-state index contributed by atoms with van der Waals surface area (Å²) in [6.45, 7) is 4.33. The Morgan fingerprint density at radius 1 is 1.50 bits per heavy atom. The van der Waals surface area contributed by atoms with Crippen molar-refractivity contribution in [3.63, 3.8) is 0 Å². The number of halogens is 1. The molecule has 16 heavy (non-hydrogen) atoms. The monoisotopic (exact) mass is 239 g/mol. The summed E-state index contributed by atoms with van der Waals surface area (Å²) in [6, 6.07) is 7.69. The molecule has 1 N–H and O–H groups in total. The highest BCUT2D eigenvalue weighted by Gasteiger charge is 2.25. The quantitative estimate of drug-likeness (QED) is 0.872. The lowest BCUT2D eigenvalue weighted by Gasteiger charge is -2.23. The largest absolute Gasteiger partial charge is 0.489 e. The van der Waals surface area contributed by atoms with Crippen molar-refractivity contribution >= 4 is 11.6 Å². The maximum atomic E-state index is 6.09.